The first-order valence-electron chi connectivity index (χ1n) is 9.58. The molecule has 3 aromatic carbocycles. The largest absolute Gasteiger partial charge is 0.248 e. The third-order valence-corrected chi connectivity index (χ3v) is 4.55. The fourth-order valence-corrected chi connectivity index (χ4v) is 2.88. The Morgan fingerprint density at radius 1 is 0.893 bits per heavy atom. The third kappa shape index (κ3) is 5.71. The van der Waals surface area contributed by atoms with Gasteiger partial charge in [0, 0.05) is 11.1 Å². The number of hydrogen-bond acceptors (Lipinski definition) is 2. The summed E-state index contributed by atoms with van der Waals surface area (Å²) in [5.41, 5.74) is 6.17. The lowest BCUT2D eigenvalue weighted by Gasteiger charge is -2.08. The molecule has 0 aliphatic rings. The van der Waals surface area contributed by atoms with Gasteiger partial charge in [0.2, 0.25) is 0 Å². The number of hydrogen-bond donors (Lipinski definition) is 0. The lowest BCUT2D eigenvalue weighted by Crippen LogP contribution is -2.03. The van der Waals surface area contributed by atoms with Crippen LogP contribution in [0.3, 0.4) is 0 Å². The lowest BCUT2D eigenvalue weighted by atomic mass is 9.99. The van der Waals surface area contributed by atoms with Crippen LogP contribution in [-0.2, 0) is 6.42 Å². The summed E-state index contributed by atoms with van der Waals surface area (Å²) in [6.07, 6.45) is 2.26. The van der Waals surface area contributed by atoms with Gasteiger partial charge in [0.05, 0.1) is 12.4 Å². The number of alkyl halides is 1. The highest BCUT2D eigenvalue weighted by molar-refractivity contribution is 6.13. The highest BCUT2D eigenvalue weighted by Crippen LogP contribution is 2.15. The van der Waals surface area contributed by atoms with E-state index >= 15 is 0 Å². The summed E-state index contributed by atoms with van der Waals surface area (Å²) >= 11 is 0. The van der Waals surface area contributed by atoms with Crippen LogP contribution < -0.4 is 0 Å². The predicted molar refractivity (Wildman–Crippen MR) is 116 cm³/mol. The second-order valence-electron chi connectivity index (χ2n) is 6.99. The van der Waals surface area contributed by atoms with Crippen molar-refractivity contribution in [3.05, 3.63) is 107 Å². The molecule has 0 aliphatic carbocycles. The van der Waals surface area contributed by atoms with Gasteiger partial charge in [-0.2, -0.15) is 5.10 Å². The van der Waals surface area contributed by atoms with Crippen LogP contribution in [0.2, 0.25) is 0 Å². The van der Waals surface area contributed by atoms with Crippen LogP contribution in [0.5, 0.6) is 0 Å². The fraction of sp³-hybridized carbons (Fsp3) is 0.200. The molecule has 1 unspecified atom stereocenters. The minimum atomic E-state index is -0.780. The van der Waals surface area contributed by atoms with Gasteiger partial charge in [0.1, 0.15) is 5.71 Å². The molecule has 0 radical (unpaired) electrons. The summed E-state index contributed by atoms with van der Waals surface area (Å²) in [5, 5.41) is 8.83. The second-order valence-corrected chi connectivity index (χ2v) is 6.99. The molecular formula is C25H25FN2. The SMILES string of the molecule is Cc1ccc(C=NN=C(c2ccccc2)c2ccc(CCC(C)F)cc2)cc1. The number of benzene rings is 3. The van der Waals surface area contributed by atoms with E-state index in [9.17, 15) is 4.39 Å². The van der Waals surface area contributed by atoms with Crippen molar-refractivity contribution in [2.24, 2.45) is 10.2 Å². The Morgan fingerprint density at radius 3 is 2.18 bits per heavy atom. The molecule has 0 saturated heterocycles. The molecule has 0 spiro atoms. The minimum Gasteiger partial charge on any atom is -0.248 e. The molecule has 3 aromatic rings. The van der Waals surface area contributed by atoms with E-state index in [1.54, 1.807) is 13.1 Å². The van der Waals surface area contributed by atoms with E-state index in [0.717, 1.165) is 34.4 Å². The topological polar surface area (TPSA) is 24.7 Å². The van der Waals surface area contributed by atoms with Crippen molar-refractivity contribution in [3.8, 4) is 0 Å². The van der Waals surface area contributed by atoms with Crippen LogP contribution >= 0.6 is 0 Å². The summed E-state index contributed by atoms with van der Waals surface area (Å²) in [6.45, 7) is 3.66. The highest BCUT2D eigenvalue weighted by Gasteiger charge is 2.07. The first kappa shape index (κ1) is 19.7. The maximum Gasteiger partial charge on any atom is 0.100 e. The summed E-state index contributed by atoms with van der Waals surface area (Å²) in [4.78, 5) is 0. The van der Waals surface area contributed by atoms with E-state index in [0.29, 0.717) is 6.42 Å². The van der Waals surface area contributed by atoms with Crippen molar-refractivity contribution in [3.63, 3.8) is 0 Å². The fourth-order valence-electron chi connectivity index (χ4n) is 2.88. The van der Waals surface area contributed by atoms with Gasteiger partial charge in [0.25, 0.3) is 0 Å². The molecule has 0 fully saturated rings. The van der Waals surface area contributed by atoms with E-state index in [2.05, 4.69) is 29.3 Å². The van der Waals surface area contributed by atoms with E-state index in [4.69, 9.17) is 0 Å². The van der Waals surface area contributed by atoms with Gasteiger partial charge in [-0.15, -0.1) is 5.10 Å². The zero-order chi connectivity index (χ0) is 19.8. The van der Waals surface area contributed by atoms with E-state index in [-0.39, 0.29) is 0 Å². The van der Waals surface area contributed by atoms with Crippen molar-refractivity contribution in [1.82, 2.24) is 0 Å². The van der Waals surface area contributed by atoms with Crippen LogP contribution in [0.1, 0.15) is 41.2 Å². The normalized spacial score (nSPS) is 13.0. The van der Waals surface area contributed by atoms with Gasteiger partial charge in [0.15, 0.2) is 0 Å². The molecule has 2 nitrogen and oxygen atoms in total. The number of rotatable bonds is 7. The van der Waals surface area contributed by atoms with Crippen LogP contribution in [0.25, 0.3) is 0 Å². The van der Waals surface area contributed by atoms with Crippen molar-refractivity contribution in [2.75, 3.05) is 0 Å². The average Bonchev–Trinajstić information content (AvgIpc) is 2.72. The molecule has 0 aromatic heterocycles. The molecule has 28 heavy (non-hydrogen) atoms. The molecule has 3 heteroatoms. The Bertz CT molecular complexity index is 925. The standard InChI is InChI=1S/C25H25FN2/c1-19-8-11-22(12-9-19)18-27-28-25(23-6-4-3-5-7-23)24-16-14-21(15-17-24)13-10-20(2)26/h3-9,11-12,14-18,20H,10,13H2,1-2H3. The number of halogens is 1. The molecule has 142 valence electrons. The molecule has 0 heterocycles. The van der Waals surface area contributed by atoms with Crippen LogP contribution in [-0.4, -0.2) is 18.1 Å². The molecular weight excluding hydrogens is 347 g/mol. The van der Waals surface area contributed by atoms with Crippen LogP contribution in [0, 0.1) is 6.92 Å². The molecule has 0 amide bonds. The molecule has 3 rings (SSSR count). The highest BCUT2D eigenvalue weighted by atomic mass is 19.1. The summed E-state index contributed by atoms with van der Waals surface area (Å²) in [7, 11) is 0. The van der Waals surface area contributed by atoms with Crippen molar-refractivity contribution >= 4 is 11.9 Å². The molecule has 0 aliphatic heterocycles. The van der Waals surface area contributed by atoms with Gasteiger partial charge in [-0.3, -0.25) is 0 Å². The predicted octanol–water partition coefficient (Wildman–Crippen LogP) is 6.16. The zero-order valence-corrected chi connectivity index (χ0v) is 16.3. The van der Waals surface area contributed by atoms with Crippen molar-refractivity contribution < 1.29 is 4.39 Å². The summed E-state index contributed by atoms with van der Waals surface area (Å²) in [5.74, 6) is 0. The molecule has 0 saturated carbocycles. The van der Waals surface area contributed by atoms with Gasteiger partial charge >= 0.3 is 0 Å². The van der Waals surface area contributed by atoms with E-state index < -0.39 is 6.17 Å². The van der Waals surface area contributed by atoms with Crippen LogP contribution in [0.15, 0.2) is 89.1 Å². The Kier molecular flexibility index (Phi) is 6.85. The van der Waals surface area contributed by atoms with Crippen LogP contribution in [0.4, 0.5) is 4.39 Å². The monoisotopic (exact) mass is 372 g/mol. The number of nitrogens with zero attached hydrogens (tertiary/aromatic N) is 2. The average molecular weight is 372 g/mol. The third-order valence-electron chi connectivity index (χ3n) is 4.55. The minimum absolute atomic E-state index is 0.541. The maximum absolute atomic E-state index is 13.1. The van der Waals surface area contributed by atoms with Gasteiger partial charge in [-0.05, 0) is 37.8 Å². The first-order valence-corrected chi connectivity index (χ1v) is 9.58. The quantitative estimate of drug-likeness (QED) is 0.351. The summed E-state index contributed by atoms with van der Waals surface area (Å²) < 4.78 is 13.1. The van der Waals surface area contributed by atoms with Gasteiger partial charge in [-0.1, -0.05) is 84.4 Å². The van der Waals surface area contributed by atoms with Crippen molar-refractivity contribution in [1.29, 1.82) is 0 Å². The molecule has 0 N–H and O–H groups in total. The Balaban J connectivity index is 1.86. The number of aryl methyl sites for hydroxylation is 2. The molecule has 0 bridgehead atoms. The second kappa shape index (κ2) is 9.75. The van der Waals surface area contributed by atoms with Gasteiger partial charge < -0.3 is 0 Å². The van der Waals surface area contributed by atoms with E-state index in [1.807, 2.05) is 66.7 Å². The first-order chi connectivity index (χ1) is 13.6. The zero-order valence-electron chi connectivity index (χ0n) is 16.3. The Hall–Kier alpha value is -3.07. The maximum atomic E-state index is 13.1. The van der Waals surface area contributed by atoms with Gasteiger partial charge in [-0.25, -0.2) is 4.39 Å². The smallest absolute Gasteiger partial charge is 0.100 e. The van der Waals surface area contributed by atoms with E-state index in [1.165, 1.54) is 5.56 Å². The molecule has 1 atom stereocenters. The summed E-state index contributed by atoms with van der Waals surface area (Å²) in [6, 6.07) is 26.3. The van der Waals surface area contributed by atoms with Crippen molar-refractivity contribution in [2.45, 2.75) is 32.9 Å². The lowest BCUT2D eigenvalue weighted by molar-refractivity contribution is 0.341. The Morgan fingerprint density at radius 2 is 1.54 bits per heavy atom. The Labute approximate surface area is 166 Å².